The summed E-state index contributed by atoms with van der Waals surface area (Å²) in [5, 5.41) is 3.49. The number of hydrogen-bond donors (Lipinski definition) is 1. The molecule has 0 saturated heterocycles. The van der Waals surface area contributed by atoms with Crippen LogP contribution in [0.3, 0.4) is 0 Å². The molecule has 2 nitrogen and oxygen atoms in total. The summed E-state index contributed by atoms with van der Waals surface area (Å²) in [4.78, 5) is 12.1. The first-order chi connectivity index (χ1) is 9.97. The molecule has 110 valence electrons. The fourth-order valence-corrected chi connectivity index (χ4v) is 2.28. The largest absolute Gasteiger partial charge is 0.349 e. The van der Waals surface area contributed by atoms with Crippen LogP contribution in [0.2, 0.25) is 5.02 Å². The van der Waals surface area contributed by atoms with Gasteiger partial charge in [0.15, 0.2) is 0 Å². The summed E-state index contributed by atoms with van der Waals surface area (Å²) in [6, 6.07) is 12.2. The molecular weight excluding hydrogens is 289 g/mol. The van der Waals surface area contributed by atoms with Gasteiger partial charge in [-0.15, -0.1) is 0 Å². The number of hydrogen-bond acceptors (Lipinski definition) is 1. The van der Waals surface area contributed by atoms with Crippen molar-refractivity contribution in [3.05, 3.63) is 70.0 Å². The Morgan fingerprint density at radius 2 is 1.90 bits per heavy atom. The predicted octanol–water partition coefficient (Wildman–Crippen LogP) is 4.15. The lowest BCUT2D eigenvalue weighted by Crippen LogP contribution is -2.34. The van der Waals surface area contributed by atoms with E-state index in [1.54, 1.807) is 19.1 Å². The van der Waals surface area contributed by atoms with E-state index in [9.17, 15) is 9.18 Å². The Kier molecular flexibility index (Phi) is 4.97. The number of halogens is 2. The van der Waals surface area contributed by atoms with Gasteiger partial charge in [-0.05, 0) is 49.6 Å². The minimum atomic E-state index is -0.464. The van der Waals surface area contributed by atoms with E-state index in [4.69, 9.17) is 11.6 Å². The van der Waals surface area contributed by atoms with E-state index in [-0.39, 0.29) is 11.6 Å². The zero-order valence-electron chi connectivity index (χ0n) is 12.0. The van der Waals surface area contributed by atoms with Crippen molar-refractivity contribution in [3.63, 3.8) is 0 Å². The minimum Gasteiger partial charge on any atom is -0.349 e. The Morgan fingerprint density at radius 3 is 2.57 bits per heavy atom. The third kappa shape index (κ3) is 4.05. The van der Waals surface area contributed by atoms with Crippen molar-refractivity contribution in [1.82, 2.24) is 5.32 Å². The zero-order chi connectivity index (χ0) is 15.4. The summed E-state index contributed by atoms with van der Waals surface area (Å²) in [5.74, 6) is -0.855. The lowest BCUT2D eigenvalue weighted by atomic mass is 10.1. The van der Waals surface area contributed by atoms with Crippen LogP contribution in [0.25, 0.3) is 0 Å². The van der Waals surface area contributed by atoms with E-state index in [1.165, 1.54) is 6.07 Å². The molecule has 2 aromatic carbocycles. The van der Waals surface area contributed by atoms with Gasteiger partial charge in [-0.2, -0.15) is 0 Å². The number of carbonyl (C=O) groups excluding carboxylic acids is 1. The Hall–Kier alpha value is -1.87. The van der Waals surface area contributed by atoms with E-state index >= 15 is 0 Å². The quantitative estimate of drug-likeness (QED) is 0.903. The monoisotopic (exact) mass is 305 g/mol. The standard InChI is InChI=1S/C17H17ClFNO/c1-11-4-3-5-15(16(11)19)17(21)20-12(2)10-13-6-8-14(18)9-7-13/h3-9,12H,10H2,1-2H3,(H,20,21). The highest BCUT2D eigenvalue weighted by atomic mass is 35.5. The third-order valence-corrected chi connectivity index (χ3v) is 3.52. The maximum Gasteiger partial charge on any atom is 0.254 e. The van der Waals surface area contributed by atoms with Crippen molar-refractivity contribution in [3.8, 4) is 0 Å². The normalized spacial score (nSPS) is 12.0. The highest BCUT2D eigenvalue weighted by Gasteiger charge is 2.15. The van der Waals surface area contributed by atoms with Gasteiger partial charge in [-0.25, -0.2) is 4.39 Å². The molecule has 0 spiro atoms. The van der Waals surface area contributed by atoms with Gasteiger partial charge in [0.05, 0.1) is 5.56 Å². The third-order valence-electron chi connectivity index (χ3n) is 3.27. The number of benzene rings is 2. The van der Waals surface area contributed by atoms with Crippen LogP contribution >= 0.6 is 11.6 Å². The highest BCUT2D eigenvalue weighted by molar-refractivity contribution is 6.30. The number of nitrogens with one attached hydrogen (secondary N) is 1. The van der Waals surface area contributed by atoms with Gasteiger partial charge in [-0.1, -0.05) is 35.9 Å². The molecule has 4 heteroatoms. The molecule has 0 heterocycles. The highest BCUT2D eigenvalue weighted by Crippen LogP contribution is 2.13. The van der Waals surface area contributed by atoms with Crippen molar-refractivity contribution in [2.24, 2.45) is 0 Å². The van der Waals surface area contributed by atoms with Crippen LogP contribution in [0, 0.1) is 12.7 Å². The van der Waals surface area contributed by atoms with Gasteiger partial charge in [0.1, 0.15) is 5.82 Å². The fourth-order valence-electron chi connectivity index (χ4n) is 2.15. The first kappa shape index (κ1) is 15.5. The Bertz CT molecular complexity index is 640. The van der Waals surface area contributed by atoms with Crippen LogP contribution in [0.5, 0.6) is 0 Å². The van der Waals surface area contributed by atoms with E-state index in [0.29, 0.717) is 17.0 Å². The maximum atomic E-state index is 13.9. The summed E-state index contributed by atoms with van der Waals surface area (Å²) in [6.45, 7) is 3.53. The Morgan fingerprint density at radius 1 is 1.24 bits per heavy atom. The van der Waals surface area contributed by atoms with Crippen molar-refractivity contribution < 1.29 is 9.18 Å². The van der Waals surface area contributed by atoms with Crippen molar-refractivity contribution in [2.75, 3.05) is 0 Å². The van der Waals surface area contributed by atoms with Crippen LogP contribution in [0.15, 0.2) is 42.5 Å². The lowest BCUT2D eigenvalue weighted by molar-refractivity contribution is 0.0936. The van der Waals surface area contributed by atoms with Crippen LogP contribution in [-0.2, 0) is 6.42 Å². The molecule has 2 rings (SSSR count). The van der Waals surface area contributed by atoms with Gasteiger partial charge < -0.3 is 5.32 Å². The Labute approximate surface area is 128 Å². The predicted molar refractivity (Wildman–Crippen MR) is 83.2 cm³/mol. The molecule has 0 radical (unpaired) electrons. The van der Waals surface area contributed by atoms with Gasteiger partial charge in [-0.3, -0.25) is 4.79 Å². The molecule has 0 aliphatic heterocycles. The van der Waals surface area contributed by atoms with E-state index in [0.717, 1.165) is 5.56 Å². The summed E-state index contributed by atoms with van der Waals surface area (Å²) < 4.78 is 13.9. The smallest absolute Gasteiger partial charge is 0.254 e. The Balaban J connectivity index is 2.02. The maximum absolute atomic E-state index is 13.9. The molecule has 0 bridgehead atoms. The second kappa shape index (κ2) is 6.72. The number of carbonyl (C=O) groups is 1. The molecule has 1 unspecified atom stereocenters. The molecule has 0 aliphatic rings. The van der Waals surface area contributed by atoms with Crippen LogP contribution in [0.1, 0.15) is 28.4 Å². The number of rotatable bonds is 4. The van der Waals surface area contributed by atoms with Gasteiger partial charge in [0.2, 0.25) is 0 Å². The number of amides is 1. The van der Waals surface area contributed by atoms with E-state index < -0.39 is 11.7 Å². The molecule has 0 aliphatic carbocycles. The first-order valence-corrected chi connectivity index (χ1v) is 7.15. The molecule has 21 heavy (non-hydrogen) atoms. The topological polar surface area (TPSA) is 29.1 Å². The van der Waals surface area contributed by atoms with E-state index in [2.05, 4.69) is 5.32 Å². The van der Waals surface area contributed by atoms with Crippen molar-refractivity contribution in [2.45, 2.75) is 26.3 Å². The average Bonchev–Trinajstić information content (AvgIpc) is 2.44. The van der Waals surface area contributed by atoms with Crippen molar-refractivity contribution >= 4 is 17.5 Å². The second-order valence-electron chi connectivity index (χ2n) is 5.14. The molecule has 0 aromatic heterocycles. The SMILES string of the molecule is Cc1cccc(C(=O)NC(C)Cc2ccc(Cl)cc2)c1F. The second-order valence-corrected chi connectivity index (χ2v) is 5.58. The summed E-state index contributed by atoms with van der Waals surface area (Å²) >= 11 is 5.83. The molecule has 2 aromatic rings. The molecule has 1 atom stereocenters. The molecular formula is C17H17ClFNO. The van der Waals surface area contributed by atoms with E-state index in [1.807, 2.05) is 31.2 Å². The lowest BCUT2D eigenvalue weighted by Gasteiger charge is -2.15. The van der Waals surface area contributed by atoms with Crippen LogP contribution in [-0.4, -0.2) is 11.9 Å². The summed E-state index contributed by atoms with van der Waals surface area (Å²) in [7, 11) is 0. The summed E-state index contributed by atoms with van der Waals surface area (Å²) in [6.07, 6.45) is 0.663. The molecule has 1 N–H and O–H groups in total. The average molecular weight is 306 g/mol. The van der Waals surface area contributed by atoms with Gasteiger partial charge in [0, 0.05) is 11.1 Å². The molecule has 1 amide bonds. The van der Waals surface area contributed by atoms with Crippen LogP contribution < -0.4 is 5.32 Å². The first-order valence-electron chi connectivity index (χ1n) is 6.78. The van der Waals surface area contributed by atoms with Gasteiger partial charge >= 0.3 is 0 Å². The fraction of sp³-hybridized carbons (Fsp3) is 0.235. The van der Waals surface area contributed by atoms with Crippen LogP contribution in [0.4, 0.5) is 4.39 Å². The minimum absolute atomic E-state index is 0.0814. The zero-order valence-corrected chi connectivity index (χ0v) is 12.7. The summed E-state index contributed by atoms with van der Waals surface area (Å²) in [5.41, 5.74) is 1.61. The molecule has 0 fully saturated rings. The number of aryl methyl sites for hydroxylation is 1. The van der Waals surface area contributed by atoms with Crippen molar-refractivity contribution in [1.29, 1.82) is 0 Å². The molecule has 0 saturated carbocycles. The van der Waals surface area contributed by atoms with Gasteiger partial charge in [0.25, 0.3) is 5.91 Å².